The van der Waals surface area contributed by atoms with Gasteiger partial charge in [0.15, 0.2) is 11.5 Å². The van der Waals surface area contributed by atoms with E-state index in [1.807, 2.05) is 30.3 Å². The summed E-state index contributed by atoms with van der Waals surface area (Å²) in [6.07, 6.45) is 2.24. The van der Waals surface area contributed by atoms with Crippen LogP contribution in [0.2, 0.25) is 0 Å². The summed E-state index contributed by atoms with van der Waals surface area (Å²) in [6.45, 7) is 2.93. The van der Waals surface area contributed by atoms with Gasteiger partial charge in [0.2, 0.25) is 12.7 Å². The Labute approximate surface area is 194 Å². The van der Waals surface area contributed by atoms with Gasteiger partial charge >= 0.3 is 0 Å². The molecule has 2 aromatic rings. The van der Waals surface area contributed by atoms with Crippen LogP contribution >= 0.6 is 0 Å². The third-order valence-electron chi connectivity index (χ3n) is 6.36. The lowest BCUT2D eigenvalue weighted by atomic mass is 10.0. The van der Waals surface area contributed by atoms with E-state index in [0.717, 1.165) is 31.5 Å². The molecule has 2 N–H and O–H groups in total. The number of amides is 2. The summed E-state index contributed by atoms with van der Waals surface area (Å²) >= 11 is 0. The molecule has 4 rings (SSSR count). The van der Waals surface area contributed by atoms with Crippen LogP contribution in [0.25, 0.3) is 0 Å². The number of fused-ring (bicyclic) bond motifs is 1. The number of hydrogen-bond donors (Lipinski definition) is 2. The molecule has 0 aliphatic carbocycles. The molecular weight excluding hydrogens is 420 g/mol. The summed E-state index contributed by atoms with van der Waals surface area (Å²) in [5.41, 5.74) is 1.47. The molecule has 0 aromatic heterocycles. The third kappa shape index (κ3) is 6.03. The Balaban J connectivity index is 1.34. The van der Waals surface area contributed by atoms with Crippen LogP contribution in [-0.2, 0) is 4.79 Å². The van der Waals surface area contributed by atoms with Gasteiger partial charge in [0.1, 0.15) is 0 Å². The Morgan fingerprint density at radius 3 is 2.58 bits per heavy atom. The first-order valence-corrected chi connectivity index (χ1v) is 11.4. The highest BCUT2D eigenvalue weighted by Gasteiger charge is 2.24. The van der Waals surface area contributed by atoms with Crippen LogP contribution in [0.5, 0.6) is 11.5 Å². The fraction of sp³-hybridized carbons (Fsp3) is 0.440. The quantitative estimate of drug-likeness (QED) is 0.638. The summed E-state index contributed by atoms with van der Waals surface area (Å²) in [5.74, 6) is 0.592. The summed E-state index contributed by atoms with van der Waals surface area (Å²) < 4.78 is 10.6. The summed E-state index contributed by atoms with van der Waals surface area (Å²) in [6, 6.07) is 15.3. The molecule has 0 spiro atoms. The molecule has 176 valence electrons. The lowest BCUT2D eigenvalue weighted by molar-refractivity contribution is -0.121. The fourth-order valence-electron chi connectivity index (χ4n) is 4.34. The number of piperidine rings is 1. The van der Waals surface area contributed by atoms with E-state index in [-0.39, 0.29) is 31.2 Å². The van der Waals surface area contributed by atoms with E-state index < -0.39 is 0 Å². The van der Waals surface area contributed by atoms with Crippen LogP contribution in [-0.4, -0.2) is 74.7 Å². The van der Waals surface area contributed by atoms with Gasteiger partial charge in [-0.25, -0.2) is 0 Å². The smallest absolute Gasteiger partial charge is 0.251 e. The number of rotatable bonds is 8. The van der Waals surface area contributed by atoms with Gasteiger partial charge in [0.05, 0.1) is 12.6 Å². The van der Waals surface area contributed by atoms with Crippen LogP contribution in [0.1, 0.15) is 34.8 Å². The predicted molar refractivity (Wildman–Crippen MR) is 125 cm³/mol. The zero-order valence-corrected chi connectivity index (χ0v) is 19.3. The normalized spacial score (nSPS) is 17.1. The van der Waals surface area contributed by atoms with Crippen molar-refractivity contribution in [1.29, 1.82) is 0 Å². The van der Waals surface area contributed by atoms with E-state index in [2.05, 4.69) is 34.5 Å². The number of nitrogens with one attached hydrogen (secondary N) is 2. The van der Waals surface area contributed by atoms with E-state index in [4.69, 9.17) is 9.47 Å². The van der Waals surface area contributed by atoms with Crippen molar-refractivity contribution in [2.24, 2.45) is 0 Å². The van der Waals surface area contributed by atoms with Crippen LogP contribution in [0, 0.1) is 0 Å². The number of carbonyl (C=O) groups is 2. The van der Waals surface area contributed by atoms with Crippen molar-refractivity contribution in [2.75, 3.05) is 47.1 Å². The van der Waals surface area contributed by atoms with Crippen molar-refractivity contribution in [3.8, 4) is 11.5 Å². The maximum Gasteiger partial charge on any atom is 0.251 e. The van der Waals surface area contributed by atoms with Gasteiger partial charge in [-0.05, 0) is 63.8 Å². The first-order chi connectivity index (χ1) is 16.0. The number of likely N-dealkylation sites (tertiary alicyclic amines) is 1. The number of likely N-dealkylation sites (N-methyl/N-ethyl adjacent to an activating group) is 1. The zero-order valence-electron chi connectivity index (χ0n) is 19.3. The van der Waals surface area contributed by atoms with Gasteiger partial charge in [-0.3, -0.25) is 9.59 Å². The molecule has 2 aromatic carbocycles. The molecule has 1 fully saturated rings. The van der Waals surface area contributed by atoms with Gasteiger partial charge in [-0.15, -0.1) is 0 Å². The van der Waals surface area contributed by atoms with Crippen molar-refractivity contribution in [3.05, 3.63) is 59.7 Å². The monoisotopic (exact) mass is 452 g/mol. The SMILES string of the molecule is CN1CCC(N(C)C[C@H](NC(=O)CNC(=O)c2ccc3c(c2)OCO3)c2ccccc2)CC1. The average Bonchev–Trinajstić information content (AvgIpc) is 3.31. The van der Waals surface area contributed by atoms with Gasteiger partial charge < -0.3 is 29.9 Å². The minimum absolute atomic E-state index is 0.103. The molecule has 0 bridgehead atoms. The van der Waals surface area contributed by atoms with E-state index in [9.17, 15) is 9.59 Å². The maximum atomic E-state index is 12.8. The lowest BCUT2D eigenvalue weighted by Gasteiger charge is -2.37. The van der Waals surface area contributed by atoms with Crippen LogP contribution in [0.15, 0.2) is 48.5 Å². The van der Waals surface area contributed by atoms with Gasteiger partial charge in [0, 0.05) is 18.2 Å². The molecule has 8 heteroatoms. The third-order valence-corrected chi connectivity index (χ3v) is 6.36. The fourth-order valence-corrected chi connectivity index (χ4v) is 4.34. The van der Waals surface area contributed by atoms with Crippen molar-refractivity contribution in [1.82, 2.24) is 20.4 Å². The van der Waals surface area contributed by atoms with Crippen LogP contribution < -0.4 is 20.1 Å². The largest absolute Gasteiger partial charge is 0.454 e. The second-order valence-electron chi connectivity index (χ2n) is 8.76. The highest BCUT2D eigenvalue weighted by atomic mass is 16.7. The molecular formula is C25H32N4O4. The van der Waals surface area contributed by atoms with Crippen LogP contribution in [0.3, 0.4) is 0 Å². The van der Waals surface area contributed by atoms with Gasteiger partial charge in [-0.2, -0.15) is 0 Å². The Morgan fingerprint density at radius 2 is 1.82 bits per heavy atom. The Kier molecular flexibility index (Phi) is 7.47. The molecule has 1 saturated heterocycles. The minimum atomic E-state index is -0.330. The van der Waals surface area contributed by atoms with Gasteiger partial charge in [0.25, 0.3) is 5.91 Å². The molecule has 33 heavy (non-hydrogen) atoms. The standard InChI is InChI=1S/C25H32N4O4/c1-28-12-10-20(11-13-28)29(2)16-21(18-6-4-3-5-7-18)27-24(30)15-26-25(31)19-8-9-22-23(14-19)33-17-32-22/h3-9,14,20-21H,10-13,15-17H2,1-2H3,(H,26,31)(H,27,30)/t21-/m0/s1. The predicted octanol–water partition coefficient (Wildman–Crippen LogP) is 2.03. The van der Waals surface area contributed by atoms with E-state index >= 15 is 0 Å². The average molecular weight is 453 g/mol. The number of ether oxygens (including phenoxy) is 2. The van der Waals surface area contributed by atoms with Crippen molar-refractivity contribution < 1.29 is 19.1 Å². The number of nitrogens with zero attached hydrogens (tertiary/aromatic N) is 2. The zero-order chi connectivity index (χ0) is 23.2. The molecule has 0 saturated carbocycles. The van der Waals surface area contributed by atoms with E-state index in [1.54, 1.807) is 18.2 Å². The molecule has 2 heterocycles. The molecule has 2 amide bonds. The molecule has 1 atom stereocenters. The Bertz CT molecular complexity index is 960. The molecule has 0 radical (unpaired) electrons. The molecule has 0 unspecified atom stereocenters. The second-order valence-corrected chi connectivity index (χ2v) is 8.76. The van der Waals surface area contributed by atoms with Crippen LogP contribution in [0.4, 0.5) is 0 Å². The molecule has 2 aliphatic heterocycles. The summed E-state index contributed by atoms with van der Waals surface area (Å²) in [7, 11) is 4.28. The highest BCUT2D eigenvalue weighted by molar-refractivity contribution is 5.97. The highest BCUT2D eigenvalue weighted by Crippen LogP contribution is 2.32. The van der Waals surface area contributed by atoms with Crippen molar-refractivity contribution >= 4 is 11.8 Å². The van der Waals surface area contributed by atoms with Crippen molar-refractivity contribution in [3.63, 3.8) is 0 Å². The Morgan fingerprint density at radius 1 is 1.09 bits per heavy atom. The molecule has 2 aliphatic rings. The number of carbonyl (C=O) groups excluding carboxylic acids is 2. The Hall–Kier alpha value is -3.10. The summed E-state index contributed by atoms with van der Waals surface area (Å²) in [5, 5.41) is 5.81. The lowest BCUT2D eigenvalue weighted by Crippen LogP contribution is -2.46. The number of benzene rings is 2. The van der Waals surface area contributed by atoms with Crippen molar-refractivity contribution in [2.45, 2.75) is 24.9 Å². The minimum Gasteiger partial charge on any atom is -0.454 e. The second kappa shape index (κ2) is 10.7. The molecule has 8 nitrogen and oxygen atoms in total. The van der Waals surface area contributed by atoms with E-state index in [0.29, 0.717) is 29.6 Å². The topological polar surface area (TPSA) is 83.1 Å². The van der Waals surface area contributed by atoms with Gasteiger partial charge in [-0.1, -0.05) is 30.3 Å². The summed E-state index contributed by atoms with van der Waals surface area (Å²) in [4.78, 5) is 30.0. The first-order valence-electron chi connectivity index (χ1n) is 11.4. The number of hydrogen-bond acceptors (Lipinski definition) is 6. The maximum absolute atomic E-state index is 12.8. The first kappa shape index (κ1) is 23.1. The van der Waals surface area contributed by atoms with E-state index in [1.165, 1.54) is 0 Å².